The molecule has 74 valence electrons. The Morgan fingerprint density at radius 1 is 1.17 bits per heavy atom. The van der Waals surface area contributed by atoms with E-state index in [1.165, 1.54) is 6.42 Å². The van der Waals surface area contributed by atoms with Crippen LogP contribution < -0.4 is 5.32 Å². The standard InChI is InChI=1S/C10H23NO/c1-9(2)6-7-11-10(3)5-4-8-12/h9-12H,4-8H2,1-3H3. The van der Waals surface area contributed by atoms with Crippen LogP contribution in [-0.2, 0) is 0 Å². The SMILES string of the molecule is CC(C)CCNC(C)CCCO. The van der Waals surface area contributed by atoms with Crippen LogP contribution in [0.15, 0.2) is 0 Å². The van der Waals surface area contributed by atoms with Crippen molar-refractivity contribution in [1.82, 2.24) is 5.32 Å². The molecule has 2 heteroatoms. The average molecular weight is 173 g/mol. The first-order chi connectivity index (χ1) is 5.66. The van der Waals surface area contributed by atoms with Crippen molar-refractivity contribution in [3.05, 3.63) is 0 Å². The van der Waals surface area contributed by atoms with E-state index in [1.54, 1.807) is 0 Å². The highest BCUT2D eigenvalue weighted by molar-refractivity contribution is 4.60. The molecule has 2 nitrogen and oxygen atoms in total. The van der Waals surface area contributed by atoms with Gasteiger partial charge in [0.15, 0.2) is 0 Å². The Hall–Kier alpha value is -0.0800. The third-order valence-corrected chi connectivity index (χ3v) is 2.01. The van der Waals surface area contributed by atoms with E-state index < -0.39 is 0 Å². The fourth-order valence-corrected chi connectivity index (χ4v) is 1.12. The molecule has 0 aromatic carbocycles. The molecule has 0 aliphatic carbocycles. The quantitative estimate of drug-likeness (QED) is 0.615. The Labute approximate surface area is 76.4 Å². The normalized spacial score (nSPS) is 13.8. The second kappa shape index (κ2) is 7.56. The molecule has 0 heterocycles. The van der Waals surface area contributed by atoms with Crippen LogP contribution in [0.5, 0.6) is 0 Å². The molecule has 0 bridgehead atoms. The lowest BCUT2D eigenvalue weighted by molar-refractivity contribution is 0.276. The molecule has 1 atom stereocenters. The molecule has 0 spiro atoms. The van der Waals surface area contributed by atoms with Gasteiger partial charge < -0.3 is 10.4 Å². The zero-order chi connectivity index (χ0) is 9.40. The molecular weight excluding hydrogens is 150 g/mol. The van der Waals surface area contributed by atoms with E-state index in [9.17, 15) is 0 Å². The molecule has 0 saturated carbocycles. The van der Waals surface area contributed by atoms with E-state index in [2.05, 4.69) is 26.1 Å². The van der Waals surface area contributed by atoms with Gasteiger partial charge in [-0.3, -0.25) is 0 Å². The maximum absolute atomic E-state index is 8.60. The van der Waals surface area contributed by atoms with E-state index in [-0.39, 0.29) is 0 Å². The summed E-state index contributed by atoms with van der Waals surface area (Å²) in [6.07, 6.45) is 3.23. The van der Waals surface area contributed by atoms with E-state index in [4.69, 9.17) is 5.11 Å². The largest absolute Gasteiger partial charge is 0.396 e. The average Bonchev–Trinajstić information content (AvgIpc) is 2.00. The van der Waals surface area contributed by atoms with Gasteiger partial charge in [-0.15, -0.1) is 0 Å². The predicted octanol–water partition coefficient (Wildman–Crippen LogP) is 1.78. The zero-order valence-electron chi connectivity index (χ0n) is 8.64. The minimum atomic E-state index is 0.316. The molecule has 0 aliphatic heterocycles. The third-order valence-electron chi connectivity index (χ3n) is 2.01. The fraction of sp³-hybridized carbons (Fsp3) is 1.00. The van der Waals surface area contributed by atoms with E-state index in [0.29, 0.717) is 12.6 Å². The van der Waals surface area contributed by atoms with Gasteiger partial charge in [0.25, 0.3) is 0 Å². The van der Waals surface area contributed by atoms with Gasteiger partial charge in [0.2, 0.25) is 0 Å². The second-order valence-electron chi connectivity index (χ2n) is 3.90. The Bertz CT molecular complexity index is 93.8. The molecule has 12 heavy (non-hydrogen) atoms. The summed E-state index contributed by atoms with van der Waals surface area (Å²) in [6, 6.07) is 0.552. The zero-order valence-corrected chi connectivity index (χ0v) is 8.64. The summed E-state index contributed by atoms with van der Waals surface area (Å²) in [5.41, 5.74) is 0. The van der Waals surface area contributed by atoms with Gasteiger partial charge in [-0.05, 0) is 38.6 Å². The second-order valence-corrected chi connectivity index (χ2v) is 3.90. The molecule has 0 amide bonds. The van der Waals surface area contributed by atoms with Gasteiger partial charge in [-0.1, -0.05) is 13.8 Å². The number of rotatable bonds is 7. The van der Waals surface area contributed by atoms with Crippen molar-refractivity contribution in [2.75, 3.05) is 13.2 Å². The lowest BCUT2D eigenvalue weighted by atomic mass is 10.1. The molecule has 0 saturated heterocycles. The molecule has 0 fully saturated rings. The van der Waals surface area contributed by atoms with Crippen molar-refractivity contribution in [1.29, 1.82) is 0 Å². The molecule has 0 aromatic heterocycles. The van der Waals surface area contributed by atoms with Crippen LogP contribution in [0.3, 0.4) is 0 Å². The molecule has 0 radical (unpaired) electrons. The Morgan fingerprint density at radius 3 is 2.33 bits per heavy atom. The van der Waals surface area contributed by atoms with Crippen molar-refractivity contribution in [2.24, 2.45) is 5.92 Å². The number of aliphatic hydroxyl groups excluding tert-OH is 1. The van der Waals surface area contributed by atoms with Crippen molar-refractivity contribution in [2.45, 2.75) is 46.1 Å². The highest BCUT2D eigenvalue weighted by atomic mass is 16.2. The van der Waals surface area contributed by atoms with Crippen LogP contribution in [-0.4, -0.2) is 24.3 Å². The van der Waals surface area contributed by atoms with E-state index in [0.717, 1.165) is 25.3 Å². The predicted molar refractivity (Wildman–Crippen MR) is 53.2 cm³/mol. The topological polar surface area (TPSA) is 32.3 Å². The van der Waals surface area contributed by atoms with Gasteiger partial charge in [-0.2, -0.15) is 0 Å². The van der Waals surface area contributed by atoms with Crippen molar-refractivity contribution < 1.29 is 5.11 Å². The van der Waals surface area contributed by atoms with Gasteiger partial charge >= 0.3 is 0 Å². The number of nitrogens with one attached hydrogen (secondary N) is 1. The highest BCUT2D eigenvalue weighted by Gasteiger charge is 2.00. The van der Waals surface area contributed by atoms with Gasteiger partial charge in [0.1, 0.15) is 0 Å². The summed E-state index contributed by atoms with van der Waals surface area (Å²) in [5.74, 6) is 0.780. The maximum atomic E-state index is 8.60. The Morgan fingerprint density at radius 2 is 1.83 bits per heavy atom. The first kappa shape index (κ1) is 11.9. The summed E-state index contributed by atoms with van der Waals surface area (Å²) in [5, 5.41) is 12.0. The fourth-order valence-electron chi connectivity index (χ4n) is 1.12. The van der Waals surface area contributed by atoms with Crippen LogP contribution >= 0.6 is 0 Å². The lowest BCUT2D eigenvalue weighted by Crippen LogP contribution is -2.27. The summed E-state index contributed by atoms with van der Waals surface area (Å²) in [4.78, 5) is 0. The van der Waals surface area contributed by atoms with E-state index in [1.807, 2.05) is 0 Å². The van der Waals surface area contributed by atoms with Crippen LogP contribution in [0.4, 0.5) is 0 Å². The maximum Gasteiger partial charge on any atom is 0.0431 e. The van der Waals surface area contributed by atoms with Crippen molar-refractivity contribution in [3.63, 3.8) is 0 Å². The lowest BCUT2D eigenvalue weighted by Gasteiger charge is -2.13. The summed E-state index contributed by atoms with van der Waals surface area (Å²) in [6.45, 7) is 8.07. The molecule has 0 aromatic rings. The number of hydrogen-bond donors (Lipinski definition) is 2. The molecular formula is C10H23NO. The van der Waals surface area contributed by atoms with Crippen molar-refractivity contribution in [3.8, 4) is 0 Å². The molecule has 0 aliphatic rings. The van der Waals surface area contributed by atoms with Crippen LogP contribution in [0.25, 0.3) is 0 Å². The third kappa shape index (κ3) is 8.02. The van der Waals surface area contributed by atoms with Crippen molar-refractivity contribution >= 4 is 0 Å². The number of hydrogen-bond acceptors (Lipinski definition) is 2. The highest BCUT2D eigenvalue weighted by Crippen LogP contribution is 1.99. The monoisotopic (exact) mass is 173 g/mol. The molecule has 0 rings (SSSR count). The smallest absolute Gasteiger partial charge is 0.0431 e. The van der Waals surface area contributed by atoms with Gasteiger partial charge in [-0.25, -0.2) is 0 Å². The summed E-state index contributed by atoms with van der Waals surface area (Å²) in [7, 11) is 0. The Balaban J connectivity index is 3.13. The molecule has 1 unspecified atom stereocenters. The van der Waals surface area contributed by atoms with Crippen LogP contribution in [0.1, 0.15) is 40.0 Å². The first-order valence-corrected chi connectivity index (χ1v) is 5.01. The van der Waals surface area contributed by atoms with Crippen LogP contribution in [0, 0.1) is 5.92 Å². The van der Waals surface area contributed by atoms with Crippen LogP contribution in [0.2, 0.25) is 0 Å². The minimum Gasteiger partial charge on any atom is -0.396 e. The van der Waals surface area contributed by atoms with E-state index >= 15 is 0 Å². The first-order valence-electron chi connectivity index (χ1n) is 5.01. The Kier molecular flexibility index (Phi) is 7.51. The minimum absolute atomic E-state index is 0.316. The summed E-state index contributed by atoms with van der Waals surface area (Å²) >= 11 is 0. The summed E-state index contributed by atoms with van der Waals surface area (Å²) < 4.78 is 0. The molecule has 2 N–H and O–H groups in total. The number of aliphatic hydroxyl groups is 1. The van der Waals surface area contributed by atoms with Gasteiger partial charge in [0.05, 0.1) is 0 Å². The van der Waals surface area contributed by atoms with Gasteiger partial charge in [0, 0.05) is 12.6 Å².